The van der Waals surface area contributed by atoms with Gasteiger partial charge in [-0.3, -0.25) is 9.59 Å². The second-order valence-corrected chi connectivity index (χ2v) is 15.8. The summed E-state index contributed by atoms with van der Waals surface area (Å²) in [6.07, 6.45) is 20.8. The summed E-state index contributed by atoms with van der Waals surface area (Å²) in [5.41, 5.74) is 2.78. The van der Waals surface area contributed by atoms with Gasteiger partial charge in [-0.1, -0.05) is 55.4 Å². The summed E-state index contributed by atoms with van der Waals surface area (Å²) in [5, 5.41) is 41.2. The average molecular weight is 703 g/mol. The molecule has 12 atom stereocenters. The van der Waals surface area contributed by atoms with E-state index in [1.54, 1.807) is 6.92 Å². The van der Waals surface area contributed by atoms with Crippen LogP contribution in [0.15, 0.2) is 47.6 Å². The minimum Gasteiger partial charge on any atom is -0.481 e. The number of fused-ring (bicyclic) bond motifs is 2. The third-order valence-corrected chi connectivity index (χ3v) is 11.9. The smallest absolute Gasteiger partial charge is 0.306 e. The van der Waals surface area contributed by atoms with E-state index in [9.17, 15) is 24.9 Å². The molecule has 4 N–H and O–H groups in total. The maximum Gasteiger partial charge on any atom is 0.306 e. The maximum absolute atomic E-state index is 13.1. The van der Waals surface area contributed by atoms with Crippen LogP contribution < -0.4 is 0 Å². The van der Waals surface area contributed by atoms with Gasteiger partial charge in [0.2, 0.25) is 0 Å². The number of ether oxygens (including phenoxy) is 1. The van der Waals surface area contributed by atoms with Gasteiger partial charge >= 0.3 is 11.9 Å². The number of unbranched alkanes of at least 4 members (excludes halogenated alkanes) is 2. The van der Waals surface area contributed by atoms with E-state index in [0.29, 0.717) is 55.8 Å². The number of rotatable bonds is 17. The van der Waals surface area contributed by atoms with Crippen molar-refractivity contribution in [1.29, 1.82) is 0 Å². The van der Waals surface area contributed by atoms with Crippen molar-refractivity contribution in [3.8, 4) is 23.7 Å². The second-order valence-electron chi connectivity index (χ2n) is 15.8. The number of allylic oxidation sites excluding steroid dienone is 4. The Hall–Kier alpha value is -3.10. The zero-order valence-corrected chi connectivity index (χ0v) is 31.3. The van der Waals surface area contributed by atoms with E-state index >= 15 is 0 Å². The fourth-order valence-corrected chi connectivity index (χ4v) is 8.98. The summed E-state index contributed by atoms with van der Waals surface area (Å²) < 4.78 is 6.05. The highest BCUT2D eigenvalue weighted by molar-refractivity contribution is 5.69. The monoisotopic (exact) mass is 702 g/mol. The normalized spacial score (nSPS) is 32.3. The van der Waals surface area contributed by atoms with Gasteiger partial charge in [0.1, 0.15) is 6.10 Å². The number of aliphatic hydroxyl groups is 3. The van der Waals surface area contributed by atoms with Crippen LogP contribution in [-0.4, -0.2) is 56.8 Å². The average Bonchev–Trinajstić information content (AvgIpc) is 3.82. The minimum absolute atomic E-state index is 0.00795. The number of carboxylic acids is 1. The molecule has 4 fully saturated rings. The molecule has 2 unspecified atom stereocenters. The Bertz CT molecular complexity index is 1420. The summed E-state index contributed by atoms with van der Waals surface area (Å²) >= 11 is 0. The molecular weight excluding hydrogens is 640 g/mol. The van der Waals surface area contributed by atoms with Crippen LogP contribution >= 0.6 is 0 Å². The molecule has 0 spiro atoms. The third kappa shape index (κ3) is 12.0. The number of aliphatic hydroxyl groups excluding tert-OH is 3. The van der Waals surface area contributed by atoms with Gasteiger partial charge in [-0.05, 0) is 114 Å². The lowest BCUT2D eigenvalue weighted by molar-refractivity contribution is -0.149. The molecule has 51 heavy (non-hydrogen) atoms. The largest absolute Gasteiger partial charge is 0.481 e. The number of hydrogen-bond donors (Lipinski definition) is 4. The highest BCUT2D eigenvalue weighted by atomic mass is 16.5. The molecule has 0 bridgehead atoms. The summed E-state index contributed by atoms with van der Waals surface area (Å²) in [6.45, 7) is 7.67. The first kappa shape index (κ1) is 40.7. The van der Waals surface area contributed by atoms with E-state index in [2.05, 4.69) is 48.8 Å². The molecule has 7 nitrogen and oxygen atoms in total. The minimum atomic E-state index is -0.759. The Balaban J connectivity index is 1.27. The molecule has 4 aliphatic rings. The summed E-state index contributed by atoms with van der Waals surface area (Å²) in [7, 11) is 0. The lowest BCUT2D eigenvalue weighted by Gasteiger charge is -2.22. The van der Waals surface area contributed by atoms with Gasteiger partial charge in [0.05, 0.1) is 18.3 Å². The predicted molar refractivity (Wildman–Crippen MR) is 201 cm³/mol. The zero-order valence-electron chi connectivity index (χ0n) is 31.3. The molecule has 7 heteroatoms. The zero-order chi connectivity index (χ0) is 36.9. The Morgan fingerprint density at radius 3 is 1.82 bits per heavy atom. The third-order valence-electron chi connectivity index (χ3n) is 11.9. The molecule has 4 aliphatic carbocycles. The Morgan fingerprint density at radius 2 is 1.29 bits per heavy atom. The fourth-order valence-electron chi connectivity index (χ4n) is 8.98. The molecule has 0 radical (unpaired) electrons. The maximum atomic E-state index is 13.1. The number of hydrogen-bond acceptors (Lipinski definition) is 6. The number of carboxylic acid groups (broad SMARTS) is 1. The fraction of sp³-hybridized carbons (Fsp3) is 0.682. The first-order valence-corrected chi connectivity index (χ1v) is 19.5. The van der Waals surface area contributed by atoms with Crippen molar-refractivity contribution in [3.63, 3.8) is 0 Å². The first-order chi connectivity index (χ1) is 24.5. The molecule has 0 aliphatic heterocycles. The number of esters is 1. The van der Waals surface area contributed by atoms with Crippen LogP contribution in [0.2, 0.25) is 0 Å². The Kier molecular flexibility index (Phi) is 16.1. The van der Waals surface area contributed by atoms with Crippen LogP contribution in [0.5, 0.6) is 0 Å². The SMILES string of the molecule is CC#CCC(C)[C@H](O)/C=C/[C@@H]1[C@H]2C/C(=C/CCCC(=O)O[C@H](/C=C/[C@@H]3[C@H]4C/C(=C/CCCC(=O)O)C[C@H]4C[C@H]3O)C(C)CC#CC)C[C@H]2C[C@H]1O. The molecule has 0 aromatic heterocycles. The topological polar surface area (TPSA) is 124 Å². The van der Waals surface area contributed by atoms with E-state index in [-0.39, 0.29) is 42.2 Å². The lowest BCUT2D eigenvalue weighted by Crippen LogP contribution is -2.24. The number of aliphatic carboxylic acids is 1. The highest BCUT2D eigenvalue weighted by Crippen LogP contribution is 2.51. The van der Waals surface area contributed by atoms with Crippen molar-refractivity contribution >= 4 is 11.9 Å². The molecule has 280 valence electrons. The van der Waals surface area contributed by atoms with Gasteiger partial charge in [0.15, 0.2) is 0 Å². The Labute approximate surface area is 306 Å². The summed E-state index contributed by atoms with van der Waals surface area (Å²) in [5.74, 6) is 12.8. The standard InChI is InChI=1S/C44H62O7/c1-5-7-13-29(3)39(45)21-19-35-37-25-32(24-33(37)27-40(35)46)16-10-12-18-44(50)51-42(30(4)14-8-6-2)22-20-36-38-26-31(15-9-11-17-43(48)49)23-34(38)28-41(36)47/h15-16,19-22,29-30,33-42,45-47H,9-14,17-18,23-28H2,1-4H3,(H,48,49)/b21-19+,22-20+,31-15+,32-16+/t29?,30?,33-,34-,35+,36+,37-,38-,39+,40+,41+,42+/m0/s1. The Morgan fingerprint density at radius 1 is 0.784 bits per heavy atom. The second kappa shape index (κ2) is 20.2. The number of carbonyl (C=O) groups excluding carboxylic acids is 1. The van der Waals surface area contributed by atoms with Crippen LogP contribution in [-0.2, 0) is 14.3 Å². The molecule has 0 aromatic rings. The van der Waals surface area contributed by atoms with Crippen molar-refractivity contribution in [2.75, 3.05) is 0 Å². The van der Waals surface area contributed by atoms with E-state index in [1.165, 1.54) is 11.1 Å². The quantitative estimate of drug-likeness (QED) is 0.0534. The van der Waals surface area contributed by atoms with Crippen molar-refractivity contribution < 1.29 is 34.8 Å². The predicted octanol–water partition coefficient (Wildman–Crippen LogP) is 7.56. The first-order valence-electron chi connectivity index (χ1n) is 19.5. The van der Waals surface area contributed by atoms with E-state index < -0.39 is 24.3 Å². The van der Waals surface area contributed by atoms with Crippen molar-refractivity contribution in [2.24, 2.45) is 47.3 Å². The molecule has 0 amide bonds. The molecule has 4 rings (SSSR count). The van der Waals surface area contributed by atoms with Gasteiger partial charge in [0.25, 0.3) is 0 Å². The van der Waals surface area contributed by atoms with Gasteiger partial charge in [-0.2, -0.15) is 0 Å². The molecular formula is C44H62O7. The van der Waals surface area contributed by atoms with Gasteiger partial charge in [0, 0.05) is 43.4 Å². The number of carbonyl (C=O) groups is 2. The van der Waals surface area contributed by atoms with Gasteiger partial charge in [-0.25, -0.2) is 0 Å². The summed E-state index contributed by atoms with van der Waals surface area (Å²) in [4.78, 5) is 23.9. The van der Waals surface area contributed by atoms with Crippen LogP contribution in [0.3, 0.4) is 0 Å². The van der Waals surface area contributed by atoms with Crippen LogP contribution in [0.4, 0.5) is 0 Å². The van der Waals surface area contributed by atoms with Crippen molar-refractivity contribution in [3.05, 3.63) is 47.6 Å². The van der Waals surface area contributed by atoms with Crippen LogP contribution in [0.1, 0.15) is 118 Å². The highest BCUT2D eigenvalue weighted by Gasteiger charge is 2.46. The van der Waals surface area contributed by atoms with Crippen LogP contribution in [0.25, 0.3) is 0 Å². The van der Waals surface area contributed by atoms with Crippen molar-refractivity contribution in [2.45, 2.75) is 142 Å². The summed E-state index contributed by atoms with van der Waals surface area (Å²) in [6, 6.07) is 0. The molecule has 0 aromatic carbocycles. The van der Waals surface area contributed by atoms with Crippen LogP contribution in [0, 0.1) is 71.0 Å². The molecule has 0 heterocycles. The van der Waals surface area contributed by atoms with E-state index in [4.69, 9.17) is 9.84 Å². The van der Waals surface area contributed by atoms with Gasteiger partial charge in [-0.15, -0.1) is 23.7 Å². The lowest BCUT2D eigenvalue weighted by atomic mass is 9.89. The van der Waals surface area contributed by atoms with Crippen molar-refractivity contribution in [1.82, 2.24) is 0 Å². The van der Waals surface area contributed by atoms with E-state index in [0.717, 1.165) is 51.4 Å². The molecule has 0 saturated heterocycles. The molecule has 4 saturated carbocycles. The van der Waals surface area contributed by atoms with E-state index in [1.807, 2.05) is 32.1 Å². The van der Waals surface area contributed by atoms with Gasteiger partial charge < -0.3 is 25.2 Å².